The van der Waals surface area contributed by atoms with Gasteiger partial charge in [-0.3, -0.25) is 4.98 Å². The lowest BCUT2D eigenvalue weighted by atomic mass is 10.1. The molecule has 0 spiro atoms. The highest BCUT2D eigenvalue weighted by atomic mass is 32.1. The van der Waals surface area contributed by atoms with Crippen LogP contribution in [0.5, 0.6) is 0 Å². The van der Waals surface area contributed by atoms with Crippen molar-refractivity contribution in [2.45, 2.75) is 0 Å². The average molecular weight is 391 g/mol. The van der Waals surface area contributed by atoms with Crippen LogP contribution in [0.3, 0.4) is 0 Å². The van der Waals surface area contributed by atoms with Crippen molar-refractivity contribution in [3.05, 3.63) is 66.3 Å². The number of fused-ring (bicyclic) bond motifs is 1. The molecule has 0 atom stereocenters. The summed E-state index contributed by atoms with van der Waals surface area (Å²) in [5, 5.41) is 3.14. The Morgan fingerprint density at radius 2 is 1.57 bits per heavy atom. The summed E-state index contributed by atoms with van der Waals surface area (Å²) in [6.45, 7) is 3.61. The molecular formula is C21H18FN5S. The number of hydrogen-bond acceptors (Lipinski definition) is 6. The summed E-state index contributed by atoms with van der Waals surface area (Å²) in [6.07, 6.45) is 5.30. The Kier molecular flexibility index (Phi) is 4.37. The van der Waals surface area contributed by atoms with Crippen LogP contribution in [0, 0.1) is 5.82 Å². The van der Waals surface area contributed by atoms with Gasteiger partial charge in [0.15, 0.2) is 0 Å². The lowest BCUT2D eigenvalue weighted by Crippen LogP contribution is -2.46. The van der Waals surface area contributed by atoms with Gasteiger partial charge in [0.1, 0.15) is 22.8 Å². The molecule has 0 aliphatic carbocycles. The largest absolute Gasteiger partial charge is 0.368 e. The SMILES string of the molecule is Fc1ccc(-c2csc3ncnc(N4CCN(c5ccncc5)CC4)c23)cc1. The summed E-state index contributed by atoms with van der Waals surface area (Å²) < 4.78 is 13.4. The number of pyridine rings is 1. The molecule has 0 unspecified atom stereocenters. The highest BCUT2D eigenvalue weighted by Gasteiger charge is 2.22. The molecule has 1 fully saturated rings. The fourth-order valence-corrected chi connectivity index (χ4v) is 4.58. The minimum atomic E-state index is -0.230. The van der Waals surface area contributed by atoms with Crippen LogP contribution in [0.2, 0.25) is 0 Å². The summed E-state index contributed by atoms with van der Waals surface area (Å²) in [5.74, 6) is 0.729. The second-order valence-electron chi connectivity index (χ2n) is 6.71. The number of anilines is 2. The Balaban J connectivity index is 1.47. The first-order valence-electron chi connectivity index (χ1n) is 9.18. The number of benzene rings is 1. The number of nitrogens with zero attached hydrogens (tertiary/aromatic N) is 5. The molecule has 5 rings (SSSR count). The maximum atomic E-state index is 13.4. The summed E-state index contributed by atoms with van der Waals surface area (Å²) in [4.78, 5) is 18.8. The molecule has 0 N–H and O–H groups in total. The van der Waals surface area contributed by atoms with Crippen LogP contribution in [-0.2, 0) is 0 Å². The van der Waals surface area contributed by atoms with E-state index in [-0.39, 0.29) is 5.82 Å². The lowest BCUT2D eigenvalue weighted by Gasteiger charge is -2.37. The minimum Gasteiger partial charge on any atom is -0.368 e. The van der Waals surface area contributed by atoms with E-state index in [0.717, 1.165) is 53.3 Å². The Labute approximate surface area is 166 Å². The van der Waals surface area contributed by atoms with E-state index in [2.05, 4.69) is 30.1 Å². The normalized spacial score (nSPS) is 14.6. The van der Waals surface area contributed by atoms with Gasteiger partial charge < -0.3 is 9.80 Å². The first-order chi connectivity index (χ1) is 13.8. The summed E-state index contributed by atoms with van der Waals surface area (Å²) in [6, 6.07) is 10.7. The van der Waals surface area contributed by atoms with Gasteiger partial charge in [-0.15, -0.1) is 11.3 Å². The smallest absolute Gasteiger partial charge is 0.141 e. The predicted molar refractivity (Wildman–Crippen MR) is 111 cm³/mol. The molecule has 5 nitrogen and oxygen atoms in total. The van der Waals surface area contributed by atoms with E-state index >= 15 is 0 Å². The fourth-order valence-electron chi connectivity index (χ4n) is 3.67. The number of aromatic nitrogens is 3. The van der Waals surface area contributed by atoms with Crippen molar-refractivity contribution in [3.63, 3.8) is 0 Å². The maximum Gasteiger partial charge on any atom is 0.141 e. The van der Waals surface area contributed by atoms with Crippen molar-refractivity contribution >= 4 is 33.1 Å². The van der Waals surface area contributed by atoms with Gasteiger partial charge in [0.05, 0.1) is 5.39 Å². The fraction of sp³-hybridized carbons (Fsp3) is 0.190. The minimum absolute atomic E-state index is 0.230. The molecule has 1 saturated heterocycles. The number of piperazine rings is 1. The Morgan fingerprint density at radius 3 is 2.32 bits per heavy atom. The topological polar surface area (TPSA) is 45.2 Å². The summed E-state index contributed by atoms with van der Waals surface area (Å²) in [5.41, 5.74) is 3.25. The molecule has 0 saturated carbocycles. The highest BCUT2D eigenvalue weighted by molar-refractivity contribution is 7.17. The molecule has 28 heavy (non-hydrogen) atoms. The average Bonchev–Trinajstić information content (AvgIpc) is 3.19. The number of rotatable bonds is 3. The van der Waals surface area contributed by atoms with E-state index in [1.54, 1.807) is 17.7 Å². The maximum absolute atomic E-state index is 13.4. The third kappa shape index (κ3) is 3.07. The van der Waals surface area contributed by atoms with Crippen LogP contribution < -0.4 is 9.80 Å². The molecule has 3 aromatic heterocycles. The third-order valence-corrected chi connectivity index (χ3v) is 6.00. The molecule has 4 heterocycles. The number of halogens is 1. The molecule has 1 aliphatic rings. The first kappa shape index (κ1) is 17.1. The van der Waals surface area contributed by atoms with Crippen LogP contribution in [0.15, 0.2) is 60.5 Å². The molecule has 0 amide bonds. The van der Waals surface area contributed by atoms with Crippen molar-refractivity contribution in [1.29, 1.82) is 0 Å². The Bertz CT molecular complexity index is 1090. The van der Waals surface area contributed by atoms with E-state index in [1.807, 2.05) is 36.7 Å². The quantitative estimate of drug-likeness (QED) is 0.523. The van der Waals surface area contributed by atoms with Gasteiger partial charge in [-0.2, -0.15) is 0 Å². The monoisotopic (exact) mass is 391 g/mol. The van der Waals surface area contributed by atoms with E-state index in [0.29, 0.717) is 0 Å². The molecule has 140 valence electrons. The number of thiophene rings is 1. The van der Waals surface area contributed by atoms with E-state index in [9.17, 15) is 4.39 Å². The van der Waals surface area contributed by atoms with Gasteiger partial charge in [-0.25, -0.2) is 14.4 Å². The second-order valence-corrected chi connectivity index (χ2v) is 7.57. The lowest BCUT2D eigenvalue weighted by molar-refractivity contribution is 0.628. The highest BCUT2D eigenvalue weighted by Crippen LogP contribution is 2.38. The molecule has 1 aromatic carbocycles. The van der Waals surface area contributed by atoms with Gasteiger partial charge in [0, 0.05) is 55.2 Å². The summed E-state index contributed by atoms with van der Waals surface area (Å²) in [7, 11) is 0. The number of hydrogen-bond donors (Lipinski definition) is 0. The van der Waals surface area contributed by atoms with Gasteiger partial charge in [0.25, 0.3) is 0 Å². The Morgan fingerprint density at radius 1 is 0.857 bits per heavy atom. The molecular weight excluding hydrogens is 373 g/mol. The van der Waals surface area contributed by atoms with Crippen molar-refractivity contribution < 1.29 is 4.39 Å². The molecule has 4 aromatic rings. The molecule has 1 aliphatic heterocycles. The van der Waals surface area contributed by atoms with Crippen LogP contribution >= 0.6 is 11.3 Å². The zero-order valence-corrected chi connectivity index (χ0v) is 15.9. The first-order valence-corrected chi connectivity index (χ1v) is 10.1. The molecule has 7 heteroatoms. The van der Waals surface area contributed by atoms with E-state index in [1.165, 1.54) is 17.8 Å². The van der Waals surface area contributed by atoms with E-state index < -0.39 is 0 Å². The Hall–Kier alpha value is -3.06. The molecule has 0 radical (unpaired) electrons. The van der Waals surface area contributed by atoms with Gasteiger partial charge >= 0.3 is 0 Å². The zero-order chi connectivity index (χ0) is 18.9. The standard InChI is InChI=1S/C21H18FN5S/c22-16-3-1-15(2-4-16)18-13-28-21-19(18)20(24-14-25-21)27-11-9-26(10-12-27)17-5-7-23-8-6-17/h1-8,13-14H,9-12H2. The van der Waals surface area contributed by atoms with Crippen LogP contribution in [-0.4, -0.2) is 41.1 Å². The van der Waals surface area contributed by atoms with E-state index in [4.69, 9.17) is 0 Å². The predicted octanol–water partition coefficient (Wildman–Crippen LogP) is 4.22. The second kappa shape index (κ2) is 7.16. The van der Waals surface area contributed by atoms with Crippen molar-refractivity contribution in [2.75, 3.05) is 36.0 Å². The third-order valence-electron chi connectivity index (χ3n) is 5.11. The van der Waals surface area contributed by atoms with Crippen LogP contribution in [0.25, 0.3) is 21.3 Å². The van der Waals surface area contributed by atoms with Crippen molar-refractivity contribution in [2.24, 2.45) is 0 Å². The van der Waals surface area contributed by atoms with Crippen molar-refractivity contribution in [1.82, 2.24) is 15.0 Å². The van der Waals surface area contributed by atoms with Gasteiger partial charge in [0.2, 0.25) is 0 Å². The molecule has 0 bridgehead atoms. The van der Waals surface area contributed by atoms with Gasteiger partial charge in [-0.1, -0.05) is 12.1 Å². The van der Waals surface area contributed by atoms with Gasteiger partial charge in [-0.05, 0) is 29.8 Å². The van der Waals surface area contributed by atoms with Crippen LogP contribution in [0.4, 0.5) is 15.9 Å². The van der Waals surface area contributed by atoms with Crippen LogP contribution in [0.1, 0.15) is 0 Å². The zero-order valence-electron chi connectivity index (χ0n) is 15.1. The summed E-state index contributed by atoms with van der Waals surface area (Å²) >= 11 is 1.60. The van der Waals surface area contributed by atoms with Crippen molar-refractivity contribution in [3.8, 4) is 11.1 Å².